The molecule has 0 radical (unpaired) electrons. The summed E-state index contributed by atoms with van der Waals surface area (Å²) in [5, 5.41) is 16.9. The van der Waals surface area contributed by atoms with Gasteiger partial charge >= 0.3 is 6.03 Å². The van der Waals surface area contributed by atoms with Gasteiger partial charge in [-0.15, -0.1) is 0 Å². The van der Waals surface area contributed by atoms with Crippen LogP contribution in [0.15, 0.2) is 84.9 Å². The SMILES string of the molecule is CN1C(=N)NC(c2ccccc2)(c2cccc(NC(=O)NCCc3ccccc3)c2)C1=O. The smallest absolute Gasteiger partial charge is 0.319 e. The predicted octanol–water partition coefficient (Wildman–Crippen LogP) is 3.29. The van der Waals surface area contributed by atoms with E-state index in [1.807, 2.05) is 66.7 Å². The molecule has 4 N–H and O–H groups in total. The first-order valence-electron chi connectivity index (χ1n) is 10.4. The Labute approximate surface area is 187 Å². The zero-order valence-corrected chi connectivity index (χ0v) is 17.8. The second-order valence-electron chi connectivity index (χ2n) is 7.65. The molecule has 0 aliphatic carbocycles. The maximum absolute atomic E-state index is 13.3. The molecule has 32 heavy (non-hydrogen) atoms. The van der Waals surface area contributed by atoms with Crippen LogP contribution in [0.3, 0.4) is 0 Å². The molecule has 0 spiro atoms. The molecule has 0 bridgehead atoms. The van der Waals surface area contributed by atoms with Gasteiger partial charge in [0.1, 0.15) is 0 Å². The highest BCUT2D eigenvalue weighted by atomic mass is 16.2. The van der Waals surface area contributed by atoms with Gasteiger partial charge in [0, 0.05) is 19.3 Å². The monoisotopic (exact) mass is 427 g/mol. The number of urea groups is 1. The molecule has 3 amide bonds. The van der Waals surface area contributed by atoms with Crippen LogP contribution < -0.4 is 16.0 Å². The van der Waals surface area contributed by atoms with Gasteiger partial charge in [-0.3, -0.25) is 15.1 Å². The van der Waals surface area contributed by atoms with Gasteiger partial charge in [0.15, 0.2) is 11.5 Å². The second kappa shape index (κ2) is 8.93. The topological polar surface area (TPSA) is 97.3 Å². The number of hydrogen-bond donors (Lipinski definition) is 4. The minimum Gasteiger partial charge on any atom is -0.338 e. The molecular weight excluding hydrogens is 402 g/mol. The number of benzene rings is 3. The molecule has 1 heterocycles. The quantitative estimate of drug-likeness (QED) is 0.486. The standard InChI is InChI=1S/C25H25N5O2/c1-30-22(31)25(29-23(30)26,19-11-6-3-7-12-19)20-13-8-14-21(17-20)28-24(32)27-16-15-18-9-4-2-5-10-18/h2-14,17H,15-16H2,1H3,(H2,26,29)(H2,27,28,32). The Morgan fingerprint density at radius 1 is 0.969 bits per heavy atom. The fourth-order valence-corrected chi connectivity index (χ4v) is 3.88. The van der Waals surface area contributed by atoms with Crippen molar-refractivity contribution in [2.45, 2.75) is 12.0 Å². The molecule has 1 aliphatic heterocycles. The van der Waals surface area contributed by atoms with E-state index < -0.39 is 5.54 Å². The molecule has 7 nitrogen and oxygen atoms in total. The van der Waals surface area contributed by atoms with E-state index in [4.69, 9.17) is 5.41 Å². The van der Waals surface area contributed by atoms with Crippen molar-refractivity contribution in [1.29, 1.82) is 5.41 Å². The number of likely N-dealkylation sites (N-methyl/N-ethyl adjacent to an activating group) is 1. The third-order valence-corrected chi connectivity index (χ3v) is 5.57. The van der Waals surface area contributed by atoms with Crippen molar-refractivity contribution < 1.29 is 9.59 Å². The van der Waals surface area contributed by atoms with Crippen LogP contribution in [0.5, 0.6) is 0 Å². The number of amides is 3. The molecule has 1 fully saturated rings. The molecule has 0 saturated carbocycles. The van der Waals surface area contributed by atoms with Crippen LogP contribution in [0.25, 0.3) is 0 Å². The van der Waals surface area contributed by atoms with Crippen molar-refractivity contribution in [1.82, 2.24) is 15.5 Å². The van der Waals surface area contributed by atoms with Crippen molar-refractivity contribution in [2.75, 3.05) is 18.9 Å². The number of hydrogen-bond acceptors (Lipinski definition) is 3. The van der Waals surface area contributed by atoms with E-state index >= 15 is 0 Å². The van der Waals surface area contributed by atoms with Crippen molar-refractivity contribution in [3.8, 4) is 0 Å². The largest absolute Gasteiger partial charge is 0.338 e. The summed E-state index contributed by atoms with van der Waals surface area (Å²) in [4.78, 5) is 27.0. The van der Waals surface area contributed by atoms with Crippen LogP contribution >= 0.6 is 0 Å². The summed E-state index contributed by atoms with van der Waals surface area (Å²) < 4.78 is 0. The van der Waals surface area contributed by atoms with Crippen molar-refractivity contribution in [3.63, 3.8) is 0 Å². The van der Waals surface area contributed by atoms with E-state index in [-0.39, 0.29) is 17.9 Å². The first-order valence-corrected chi connectivity index (χ1v) is 10.4. The van der Waals surface area contributed by atoms with Gasteiger partial charge in [0.2, 0.25) is 0 Å². The van der Waals surface area contributed by atoms with E-state index in [1.165, 1.54) is 4.90 Å². The normalized spacial score (nSPS) is 17.7. The molecule has 162 valence electrons. The summed E-state index contributed by atoms with van der Waals surface area (Å²) in [6.45, 7) is 0.505. The van der Waals surface area contributed by atoms with Crippen LogP contribution in [0.1, 0.15) is 16.7 Å². The van der Waals surface area contributed by atoms with Crippen LogP contribution in [-0.4, -0.2) is 36.4 Å². The Bertz CT molecular complexity index is 1130. The molecule has 4 rings (SSSR count). The van der Waals surface area contributed by atoms with E-state index in [0.717, 1.165) is 17.5 Å². The van der Waals surface area contributed by atoms with Gasteiger partial charge in [0.05, 0.1) is 0 Å². The number of carbonyl (C=O) groups is 2. The fraction of sp³-hybridized carbons (Fsp3) is 0.160. The number of nitrogens with zero attached hydrogens (tertiary/aromatic N) is 1. The van der Waals surface area contributed by atoms with Gasteiger partial charge in [-0.1, -0.05) is 72.8 Å². The fourth-order valence-electron chi connectivity index (χ4n) is 3.88. The summed E-state index contributed by atoms with van der Waals surface area (Å²) in [5.41, 5.74) is 1.85. The summed E-state index contributed by atoms with van der Waals surface area (Å²) in [6, 6.07) is 26.1. The molecule has 7 heteroatoms. The third-order valence-electron chi connectivity index (χ3n) is 5.57. The maximum Gasteiger partial charge on any atom is 0.319 e. The first kappa shape index (κ1) is 21.1. The highest BCUT2D eigenvalue weighted by molar-refractivity contribution is 6.10. The Balaban J connectivity index is 1.53. The molecule has 1 unspecified atom stereocenters. The van der Waals surface area contributed by atoms with Crippen molar-refractivity contribution >= 4 is 23.6 Å². The average molecular weight is 428 g/mol. The average Bonchev–Trinajstić information content (AvgIpc) is 3.05. The first-order chi connectivity index (χ1) is 15.5. The number of carbonyl (C=O) groups excluding carboxylic acids is 2. The highest BCUT2D eigenvalue weighted by Crippen LogP contribution is 2.36. The Kier molecular flexibility index (Phi) is 5.89. The van der Waals surface area contributed by atoms with E-state index in [9.17, 15) is 9.59 Å². The Morgan fingerprint density at radius 3 is 2.28 bits per heavy atom. The molecule has 1 saturated heterocycles. The Morgan fingerprint density at radius 2 is 1.62 bits per heavy atom. The predicted molar refractivity (Wildman–Crippen MR) is 124 cm³/mol. The van der Waals surface area contributed by atoms with Crippen LogP contribution in [0.2, 0.25) is 0 Å². The number of anilines is 1. The van der Waals surface area contributed by atoms with Gasteiger partial charge in [-0.2, -0.15) is 0 Å². The van der Waals surface area contributed by atoms with Crippen molar-refractivity contribution in [3.05, 3.63) is 102 Å². The van der Waals surface area contributed by atoms with E-state index in [0.29, 0.717) is 17.8 Å². The molecular formula is C25H25N5O2. The molecule has 1 aliphatic rings. The maximum atomic E-state index is 13.3. The summed E-state index contributed by atoms with van der Waals surface area (Å²) in [6.07, 6.45) is 0.734. The minimum atomic E-state index is -1.23. The van der Waals surface area contributed by atoms with Crippen molar-refractivity contribution in [2.24, 2.45) is 0 Å². The second-order valence-corrected chi connectivity index (χ2v) is 7.65. The zero-order chi connectivity index (χ0) is 22.6. The van der Waals surface area contributed by atoms with Crippen LogP contribution in [0.4, 0.5) is 10.5 Å². The number of guanidine groups is 1. The molecule has 1 atom stereocenters. The molecule has 0 aromatic heterocycles. The number of rotatable bonds is 6. The van der Waals surface area contributed by atoms with Crippen LogP contribution in [0, 0.1) is 5.41 Å². The summed E-state index contributed by atoms with van der Waals surface area (Å²) in [7, 11) is 1.57. The Hall–Kier alpha value is -4.13. The lowest BCUT2D eigenvalue weighted by molar-refractivity contribution is -0.129. The van der Waals surface area contributed by atoms with Gasteiger partial charge < -0.3 is 16.0 Å². The van der Waals surface area contributed by atoms with E-state index in [2.05, 4.69) is 16.0 Å². The van der Waals surface area contributed by atoms with Gasteiger partial charge in [-0.05, 0) is 35.2 Å². The van der Waals surface area contributed by atoms with E-state index in [1.54, 1.807) is 25.2 Å². The van der Waals surface area contributed by atoms with Gasteiger partial charge in [0.25, 0.3) is 5.91 Å². The lowest BCUT2D eigenvalue weighted by atomic mass is 9.82. The third kappa shape index (κ3) is 4.05. The minimum absolute atomic E-state index is 0.0240. The number of nitrogens with one attached hydrogen (secondary N) is 4. The van der Waals surface area contributed by atoms with Gasteiger partial charge in [-0.25, -0.2) is 4.79 Å². The molecule has 3 aromatic carbocycles. The lowest BCUT2D eigenvalue weighted by Gasteiger charge is -2.28. The molecule has 3 aromatic rings. The lowest BCUT2D eigenvalue weighted by Crippen LogP contribution is -2.45. The van der Waals surface area contributed by atoms with Crippen LogP contribution in [-0.2, 0) is 16.8 Å². The highest BCUT2D eigenvalue weighted by Gasteiger charge is 2.51. The zero-order valence-electron chi connectivity index (χ0n) is 17.8. The summed E-state index contributed by atoms with van der Waals surface area (Å²) in [5.74, 6) is -0.228. The summed E-state index contributed by atoms with van der Waals surface area (Å²) >= 11 is 0.